The Kier molecular flexibility index (Phi) is 5.17. The van der Waals surface area contributed by atoms with E-state index in [1.54, 1.807) is 18.4 Å². The molecule has 0 N–H and O–H groups in total. The summed E-state index contributed by atoms with van der Waals surface area (Å²) in [6, 6.07) is 5.77. The Hall–Kier alpha value is 0.450. The molecule has 1 aromatic carbocycles. The van der Waals surface area contributed by atoms with Gasteiger partial charge in [-0.05, 0) is 55.4 Å². The van der Waals surface area contributed by atoms with Crippen molar-refractivity contribution in [3.05, 3.63) is 48.0 Å². The van der Waals surface area contributed by atoms with E-state index >= 15 is 0 Å². The van der Waals surface area contributed by atoms with Gasteiger partial charge in [-0.2, -0.15) is 0 Å². The maximum absolute atomic E-state index is 6.11. The number of halogens is 4. The second kappa shape index (κ2) is 6.27. The zero-order chi connectivity index (χ0) is 13.3. The van der Waals surface area contributed by atoms with Gasteiger partial charge in [0.2, 0.25) is 0 Å². The molecule has 18 heavy (non-hydrogen) atoms. The van der Waals surface area contributed by atoms with E-state index in [0.717, 1.165) is 20.3 Å². The average molecular weight is 475 g/mol. The maximum Gasteiger partial charge on any atom is 0.137 e. The fourth-order valence-electron chi connectivity index (χ4n) is 1.61. The van der Waals surface area contributed by atoms with Gasteiger partial charge in [0.15, 0.2) is 0 Å². The standard InChI is InChI=1S/C12H8Br3ClOS/c1-17-11-7(4-6(16)5-9(11)14)10(15)12-8(13)2-3-18-12/h2-5,10H,1H3. The van der Waals surface area contributed by atoms with E-state index in [-0.39, 0.29) is 4.83 Å². The lowest BCUT2D eigenvalue weighted by Gasteiger charge is -2.15. The van der Waals surface area contributed by atoms with Crippen LogP contribution in [0.3, 0.4) is 0 Å². The predicted molar refractivity (Wildman–Crippen MR) is 88.5 cm³/mol. The molecule has 0 fully saturated rings. The molecule has 0 radical (unpaired) electrons. The monoisotopic (exact) mass is 472 g/mol. The van der Waals surface area contributed by atoms with Gasteiger partial charge in [-0.1, -0.05) is 27.5 Å². The van der Waals surface area contributed by atoms with Crippen molar-refractivity contribution in [3.63, 3.8) is 0 Å². The van der Waals surface area contributed by atoms with Gasteiger partial charge in [-0.3, -0.25) is 0 Å². The molecule has 0 aliphatic heterocycles. The van der Waals surface area contributed by atoms with Gasteiger partial charge in [-0.15, -0.1) is 11.3 Å². The fourth-order valence-corrected chi connectivity index (χ4v) is 5.42. The first-order valence-corrected chi connectivity index (χ1v) is 8.70. The fraction of sp³-hybridized carbons (Fsp3) is 0.167. The van der Waals surface area contributed by atoms with Crippen LogP contribution in [0.4, 0.5) is 0 Å². The van der Waals surface area contributed by atoms with Crippen LogP contribution in [0.5, 0.6) is 5.75 Å². The molecular formula is C12H8Br3ClOS. The summed E-state index contributed by atoms with van der Waals surface area (Å²) in [6.07, 6.45) is 0. The molecule has 6 heteroatoms. The van der Waals surface area contributed by atoms with E-state index < -0.39 is 0 Å². The summed E-state index contributed by atoms with van der Waals surface area (Å²) in [6.45, 7) is 0. The summed E-state index contributed by atoms with van der Waals surface area (Å²) in [5.74, 6) is 0.793. The third-order valence-electron chi connectivity index (χ3n) is 2.39. The number of hydrogen-bond acceptors (Lipinski definition) is 2. The molecule has 0 saturated heterocycles. The zero-order valence-corrected chi connectivity index (χ0v) is 15.5. The first-order valence-electron chi connectivity index (χ1n) is 4.94. The van der Waals surface area contributed by atoms with Crippen LogP contribution in [-0.2, 0) is 0 Å². The van der Waals surface area contributed by atoms with Gasteiger partial charge in [0.1, 0.15) is 5.75 Å². The maximum atomic E-state index is 6.11. The van der Waals surface area contributed by atoms with Crippen molar-refractivity contribution in [1.29, 1.82) is 0 Å². The molecule has 0 spiro atoms. The molecule has 1 unspecified atom stereocenters. The first-order chi connectivity index (χ1) is 8.54. The molecule has 1 nitrogen and oxygen atoms in total. The summed E-state index contributed by atoms with van der Waals surface area (Å²) >= 11 is 18.5. The average Bonchev–Trinajstić information content (AvgIpc) is 2.73. The van der Waals surface area contributed by atoms with Crippen LogP contribution >= 0.6 is 70.7 Å². The predicted octanol–water partition coefficient (Wildman–Crippen LogP) is 6.42. The van der Waals surface area contributed by atoms with Crippen molar-refractivity contribution in [1.82, 2.24) is 0 Å². The second-order valence-corrected chi connectivity index (χ2v) is 7.51. The van der Waals surface area contributed by atoms with Crippen LogP contribution in [-0.4, -0.2) is 7.11 Å². The van der Waals surface area contributed by atoms with Crippen molar-refractivity contribution in [2.75, 3.05) is 7.11 Å². The number of thiophene rings is 1. The van der Waals surface area contributed by atoms with E-state index in [9.17, 15) is 0 Å². The quantitative estimate of drug-likeness (QED) is 0.466. The topological polar surface area (TPSA) is 9.23 Å². The number of hydrogen-bond donors (Lipinski definition) is 0. The highest BCUT2D eigenvalue weighted by Crippen LogP contribution is 2.45. The summed E-state index contributed by atoms with van der Waals surface area (Å²) in [5.41, 5.74) is 1.00. The summed E-state index contributed by atoms with van der Waals surface area (Å²) < 4.78 is 7.37. The smallest absolute Gasteiger partial charge is 0.137 e. The lowest BCUT2D eigenvalue weighted by molar-refractivity contribution is 0.408. The Morgan fingerprint density at radius 1 is 1.28 bits per heavy atom. The van der Waals surface area contributed by atoms with E-state index in [0.29, 0.717) is 5.02 Å². The zero-order valence-electron chi connectivity index (χ0n) is 9.22. The van der Waals surface area contributed by atoms with E-state index in [1.807, 2.05) is 23.6 Å². The van der Waals surface area contributed by atoms with Crippen LogP contribution < -0.4 is 4.74 Å². The van der Waals surface area contributed by atoms with E-state index in [1.165, 1.54) is 4.88 Å². The SMILES string of the molecule is COc1c(Br)cc(Cl)cc1C(Br)c1sccc1Br. The Morgan fingerprint density at radius 3 is 2.56 bits per heavy atom. The van der Waals surface area contributed by atoms with Crippen molar-refractivity contribution < 1.29 is 4.74 Å². The summed E-state index contributed by atoms with van der Waals surface area (Å²) in [7, 11) is 1.65. The molecule has 0 saturated carbocycles. The van der Waals surface area contributed by atoms with Crippen LogP contribution in [0.2, 0.25) is 5.02 Å². The number of benzene rings is 1. The molecule has 0 bridgehead atoms. The third-order valence-corrected chi connectivity index (χ3v) is 6.39. The summed E-state index contributed by atoms with van der Waals surface area (Å²) in [5, 5.41) is 2.72. The minimum Gasteiger partial charge on any atom is -0.495 e. The van der Waals surface area contributed by atoms with Crippen LogP contribution in [0.1, 0.15) is 15.3 Å². The molecule has 0 aliphatic carbocycles. The van der Waals surface area contributed by atoms with Gasteiger partial charge in [0, 0.05) is 19.9 Å². The van der Waals surface area contributed by atoms with Gasteiger partial charge < -0.3 is 4.74 Å². The van der Waals surface area contributed by atoms with E-state index in [2.05, 4.69) is 47.8 Å². The van der Waals surface area contributed by atoms with E-state index in [4.69, 9.17) is 16.3 Å². The summed E-state index contributed by atoms with van der Waals surface area (Å²) in [4.78, 5) is 1.22. The minimum absolute atomic E-state index is 0.0387. The van der Waals surface area contributed by atoms with Crippen LogP contribution in [0.25, 0.3) is 0 Å². The molecule has 2 rings (SSSR count). The van der Waals surface area contributed by atoms with Crippen molar-refractivity contribution in [3.8, 4) is 5.75 Å². The molecule has 2 aromatic rings. The number of ether oxygens (including phenoxy) is 1. The normalized spacial score (nSPS) is 12.5. The largest absolute Gasteiger partial charge is 0.495 e. The Balaban J connectivity index is 2.54. The highest BCUT2D eigenvalue weighted by molar-refractivity contribution is 9.11. The molecular weight excluding hydrogens is 467 g/mol. The lowest BCUT2D eigenvalue weighted by Crippen LogP contribution is -1.97. The third kappa shape index (κ3) is 2.96. The lowest BCUT2D eigenvalue weighted by atomic mass is 10.1. The second-order valence-electron chi connectivity index (χ2n) is 3.51. The molecule has 1 aromatic heterocycles. The molecule has 1 atom stereocenters. The highest BCUT2D eigenvalue weighted by Gasteiger charge is 2.21. The van der Waals surface area contributed by atoms with Gasteiger partial charge >= 0.3 is 0 Å². The minimum atomic E-state index is 0.0387. The Bertz CT molecular complexity index is 570. The Morgan fingerprint density at radius 2 is 2.00 bits per heavy atom. The van der Waals surface area contributed by atoms with Gasteiger partial charge in [0.25, 0.3) is 0 Å². The first kappa shape index (κ1) is 14.9. The molecule has 96 valence electrons. The molecule has 0 amide bonds. The van der Waals surface area contributed by atoms with Crippen LogP contribution in [0, 0.1) is 0 Å². The molecule has 0 aliphatic rings. The highest BCUT2D eigenvalue weighted by atomic mass is 79.9. The van der Waals surface area contributed by atoms with Gasteiger partial charge in [-0.25, -0.2) is 0 Å². The van der Waals surface area contributed by atoms with Crippen molar-refractivity contribution in [2.24, 2.45) is 0 Å². The van der Waals surface area contributed by atoms with Crippen molar-refractivity contribution in [2.45, 2.75) is 4.83 Å². The van der Waals surface area contributed by atoms with Crippen LogP contribution in [0.15, 0.2) is 32.5 Å². The number of alkyl halides is 1. The van der Waals surface area contributed by atoms with Gasteiger partial charge in [0.05, 0.1) is 16.4 Å². The van der Waals surface area contributed by atoms with Crippen molar-refractivity contribution >= 4 is 70.7 Å². The number of rotatable bonds is 3. The number of methoxy groups -OCH3 is 1. The molecule has 1 heterocycles. The Labute approximate surface area is 140 Å².